The summed E-state index contributed by atoms with van der Waals surface area (Å²) in [7, 11) is 0. The van der Waals surface area contributed by atoms with Gasteiger partial charge in [-0.1, -0.05) is 24.8 Å². The summed E-state index contributed by atoms with van der Waals surface area (Å²) in [6.07, 6.45) is 0. The number of carbonyl (C=O) groups excluding carboxylic acids is 2. The number of nitrogens with zero attached hydrogens (tertiary/aromatic N) is 2. The van der Waals surface area contributed by atoms with Crippen molar-refractivity contribution in [1.29, 1.82) is 5.26 Å². The van der Waals surface area contributed by atoms with Crippen LogP contribution in [0.3, 0.4) is 0 Å². The number of hydrogen-bond donors (Lipinski definition) is 3. The standard InChI is InChI=1S/C19H15N5O4/c1-11-16(18(25)22-14-3-2-4-15(9-14)24(27)28)17(23-19(26)21-11)13-7-5-12(10-20)6-8-13/h2-9,16-17H,1H2,(H,22,25)(H2,21,23,26)/t16-,17-/m0/s1. The minimum atomic E-state index is -0.870. The average Bonchev–Trinajstić information content (AvgIpc) is 2.67. The summed E-state index contributed by atoms with van der Waals surface area (Å²) in [5.41, 5.74) is 1.36. The van der Waals surface area contributed by atoms with Gasteiger partial charge in [0.05, 0.1) is 22.6 Å². The fourth-order valence-electron chi connectivity index (χ4n) is 2.95. The number of hydrogen-bond acceptors (Lipinski definition) is 5. The Balaban J connectivity index is 1.89. The van der Waals surface area contributed by atoms with Gasteiger partial charge in [0.15, 0.2) is 0 Å². The minimum Gasteiger partial charge on any atom is -0.330 e. The van der Waals surface area contributed by atoms with E-state index >= 15 is 0 Å². The SMILES string of the molecule is C=C1NC(=O)N[C@@H](c2ccc(C#N)cc2)[C@H]1C(=O)Nc1cccc([N+](=O)[O-])c1. The molecule has 2 aromatic carbocycles. The number of nitrogens with one attached hydrogen (secondary N) is 3. The number of carbonyl (C=O) groups is 2. The second-order valence-corrected chi connectivity index (χ2v) is 6.11. The molecule has 9 heteroatoms. The van der Waals surface area contributed by atoms with Gasteiger partial charge in [-0.2, -0.15) is 5.26 Å². The Morgan fingerprint density at radius 2 is 1.96 bits per heavy atom. The number of urea groups is 1. The van der Waals surface area contributed by atoms with Crippen molar-refractivity contribution in [3.63, 3.8) is 0 Å². The Hall–Kier alpha value is -4.19. The first-order chi connectivity index (χ1) is 13.4. The third kappa shape index (κ3) is 3.81. The third-order valence-corrected chi connectivity index (χ3v) is 4.28. The quantitative estimate of drug-likeness (QED) is 0.555. The Bertz CT molecular complexity index is 1010. The lowest BCUT2D eigenvalue weighted by atomic mass is 9.88. The van der Waals surface area contributed by atoms with E-state index in [0.717, 1.165) is 0 Å². The fraction of sp³-hybridized carbons (Fsp3) is 0.105. The van der Waals surface area contributed by atoms with Gasteiger partial charge in [0.1, 0.15) is 5.92 Å². The number of nitro groups is 1. The van der Waals surface area contributed by atoms with Crippen LogP contribution in [0.2, 0.25) is 0 Å². The zero-order valence-corrected chi connectivity index (χ0v) is 14.5. The second kappa shape index (κ2) is 7.59. The molecule has 1 saturated heterocycles. The lowest BCUT2D eigenvalue weighted by Gasteiger charge is -2.33. The van der Waals surface area contributed by atoms with Gasteiger partial charge in [-0.25, -0.2) is 4.79 Å². The van der Waals surface area contributed by atoms with Gasteiger partial charge in [0, 0.05) is 23.5 Å². The molecule has 3 N–H and O–H groups in total. The van der Waals surface area contributed by atoms with Crippen LogP contribution in [0.1, 0.15) is 17.2 Å². The first kappa shape index (κ1) is 18.6. The Morgan fingerprint density at radius 1 is 1.25 bits per heavy atom. The first-order valence-electron chi connectivity index (χ1n) is 8.20. The van der Waals surface area contributed by atoms with Crippen molar-refractivity contribution in [2.45, 2.75) is 6.04 Å². The van der Waals surface area contributed by atoms with Crippen LogP contribution in [0.5, 0.6) is 0 Å². The van der Waals surface area contributed by atoms with E-state index in [-0.39, 0.29) is 17.1 Å². The van der Waals surface area contributed by atoms with Gasteiger partial charge < -0.3 is 16.0 Å². The van der Waals surface area contributed by atoms with Crippen LogP contribution in [0.4, 0.5) is 16.2 Å². The van der Waals surface area contributed by atoms with E-state index in [1.54, 1.807) is 24.3 Å². The highest BCUT2D eigenvalue weighted by Crippen LogP contribution is 2.31. The van der Waals surface area contributed by atoms with Crippen LogP contribution < -0.4 is 16.0 Å². The van der Waals surface area contributed by atoms with Crippen LogP contribution in [0.25, 0.3) is 0 Å². The monoisotopic (exact) mass is 377 g/mol. The average molecular weight is 377 g/mol. The zero-order valence-electron chi connectivity index (χ0n) is 14.5. The highest BCUT2D eigenvalue weighted by molar-refractivity contribution is 5.97. The van der Waals surface area contributed by atoms with Crippen molar-refractivity contribution >= 4 is 23.3 Å². The van der Waals surface area contributed by atoms with Crippen LogP contribution in [-0.4, -0.2) is 16.9 Å². The molecule has 2 atom stereocenters. The van der Waals surface area contributed by atoms with Gasteiger partial charge in [-0.3, -0.25) is 14.9 Å². The number of nitro benzene ring substituents is 1. The number of nitriles is 1. The molecule has 1 aliphatic rings. The topological polar surface area (TPSA) is 137 Å². The molecule has 28 heavy (non-hydrogen) atoms. The highest BCUT2D eigenvalue weighted by atomic mass is 16.6. The maximum Gasteiger partial charge on any atom is 0.319 e. The molecule has 0 spiro atoms. The summed E-state index contributed by atoms with van der Waals surface area (Å²) in [6, 6.07) is 12.8. The van der Waals surface area contributed by atoms with Crippen LogP contribution >= 0.6 is 0 Å². The van der Waals surface area contributed by atoms with Gasteiger partial charge in [0.2, 0.25) is 5.91 Å². The fourth-order valence-corrected chi connectivity index (χ4v) is 2.95. The molecule has 0 aromatic heterocycles. The van der Waals surface area contributed by atoms with E-state index in [1.165, 1.54) is 24.3 Å². The van der Waals surface area contributed by atoms with Gasteiger partial charge in [-0.05, 0) is 23.8 Å². The molecule has 140 valence electrons. The highest BCUT2D eigenvalue weighted by Gasteiger charge is 2.37. The number of anilines is 1. The molecule has 3 rings (SSSR count). The molecule has 0 bridgehead atoms. The summed E-state index contributed by atoms with van der Waals surface area (Å²) in [5, 5.41) is 27.6. The van der Waals surface area contributed by atoms with E-state index in [9.17, 15) is 19.7 Å². The molecule has 3 amide bonds. The largest absolute Gasteiger partial charge is 0.330 e. The predicted octanol–water partition coefficient (Wildman–Crippen LogP) is 2.59. The van der Waals surface area contributed by atoms with Crippen molar-refractivity contribution < 1.29 is 14.5 Å². The molecule has 0 saturated carbocycles. The maximum atomic E-state index is 12.9. The normalized spacial score (nSPS) is 18.4. The lowest BCUT2D eigenvalue weighted by molar-refractivity contribution is -0.384. The molecule has 1 fully saturated rings. The van der Waals surface area contributed by atoms with Crippen LogP contribution in [0.15, 0.2) is 60.8 Å². The van der Waals surface area contributed by atoms with Crippen molar-refractivity contribution in [2.24, 2.45) is 5.92 Å². The Labute approximate surface area is 159 Å². The summed E-state index contributed by atoms with van der Waals surface area (Å²) in [5.74, 6) is -1.36. The zero-order chi connectivity index (χ0) is 20.3. The van der Waals surface area contributed by atoms with E-state index in [4.69, 9.17) is 5.26 Å². The number of benzene rings is 2. The summed E-state index contributed by atoms with van der Waals surface area (Å²) >= 11 is 0. The summed E-state index contributed by atoms with van der Waals surface area (Å²) < 4.78 is 0. The van der Waals surface area contributed by atoms with E-state index in [1.807, 2.05) is 6.07 Å². The van der Waals surface area contributed by atoms with Crippen molar-refractivity contribution in [2.75, 3.05) is 5.32 Å². The number of rotatable bonds is 4. The Morgan fingerprint density at radius 3 is 2.61 bits per heavy atom. The molecule has 2 aromatic rings. The van der Waals surface area contributed by atoms with E-state index in [0.29, 0.717) is 11.1 Å². The molecular weight excluding hydrogens is 362 g/mol. The molecular formula is C19H15N5O4. The second-order valence-electron chi connectivity index (χ2n) is 6.11. The van der Waals surface area contributed by atoms with Gasteiger partial charge in [0.25, 0.3) is 5.69 Å². The summed E-state index contributed by atoms with van der Waals surface area (Å²) in [6.45, 7) is 3.77. The minimum absolute atomic E-state index is 0.157. The van der Waals surface area contributed by atoms with Gasteiger partial charge in [-0.15, -0.1) is 0 Å². The van der Waals surface area contributed by atoms with Crippen molar-refractivity contribution in [3.05, 3.63) is 82.0 Å². The van der Waals surface area contributed by atoms with Crippen molar-refractivity contribution in [1.82, 2.24) is 10.6 Å². The van der Waals surface area contributed by atoms with E-state index in [2.05, 4.69) is 22.5 Å². The van der Waals surface area contributed by atoms with Gasteiger partial charge >= 0.3 is 6.03 Å². The number of amides is 3. The lowest BCUT2D eigenvalue weighted by Crippen LogP contribution is -2.51. The number of non-ortho nitro benzene ring substituents is 1. The molecule has 1 aliphatic heterocycles. The summed E-state index contributed by atoms with van der Waals surface area (Å²) in [4.78, 5) is 35.1. The molecule has 9 nitrogen and oxygen atoms in total. The van der Waals surface area contributed by atoms with Crippen LogP contribution in [-0.2, 0) is 4.79 Å². The van der Waals surface area contributed by atoms with Crippen LogP contribution in [0, 0.1) is 27.4 Å². The first-order valence-corrected chi connectivity index (χ1v) is 8.20. The predicted molar refractivity (Wildman–Crippen MR) is 99.9 cm³/mol. The molecule has 0 radical (unpaired) electrons. The molecule has 0 unspecified atom stereocenters. The molecule has 0 aliphatic carbocycles. The smallest absolute Gasteiger partial charge is 0.319 e. The van der Waals surface area contributed by atoms with Crippen molar-refractivity contribution in [3.8, 4) is 6.07 Å². The Kier molecular flexibility index (Phi) is 5.04. The van der Waals surface area contributed by atoms with E-state index < -0.39 is 28.8 Å². The maximum absolute atomic E-state index is 12.9. The third-order valence-electron chi connectivity index (χ3n) is 4.28. The molecule has 1 heterocycles.